The average molecular weight is 248 g/mol. The highest BCUT2D eigenvalue weighted by Crippen LogP contribution is 2.18. The van der Waals surface area contributed by atoms with E-state index in [0.29, 0.717) is 5.92 Å². The molecule has 0 saturated heterocycles. The minimum Gasteiger partial charge on any atom is -0.350 e. The highest BCUT2D eigenvalue weighted by atomic mass is 16.1. The first kappa shape index (κ1) is 14.7. The first-order valence-corrected chi connectivity index (χ1v) is 6.44. The van der Waals surface area contributed by atoms with E-state index in [1.165, 1.54) is 11.1 Å². The highest BCUT2D eigenvalue weighted by molar-refractivity contribution is 5.78. The number of hydrogen-bond acceptors (Lipinski definition) is 2. The van der Waals surface area contributed by atoms with Crippen LogP contribution in [0, 0.1) is 0 Å². The lowest BCUT2D eigenvalue weighted by atomic mass is 9.93. The van der Waals surface area contributed by atoms with E-state index in [1.807, 2.05) is 13.8 Å². The minimum absolute atomic E-state index is 0.0374. The molecule has 0 radical (unpaired) electrons. The van der Waals surface area contributed by atoms with Gasteiger partial charge < -0.3 is 11.1 Å². The summed E-state index contributed by atoms with van der Waals surface area (Å²) in [6, 6.07) is 8.57. The molecule has 1 aromatic carbocycles. The normalized spacial score (nSPS) is 11.7. The molecule has 0 bridgehead atoms. The third-order valence-electron chi connectivity index (χ3n) is 2.96. The van der Waals surface area contributed by atoms with Gasteiger partial charge in [0.05, 0.1) is 6.54 Å². The van der Waals surface area contributed by atoms with Gasteiger partial charge in [0.15, 0.2) is 0 Å². The van der Waals surface area contributed by atoms with Crippen LogP contribution in [-0.4, -0.2) is 18.0 Å². The van der Waals surface area contributed by atoms with Crippen LogP contribution in [0.2, 0.25) is 0 Å². The molecule has 0 atom stereocenters. The molecule has 1 aromatic rings. The number of nitrogens with two attached hydrogens (primary N) is 1. The van der Waals surface area contributed by atoms with Gasteiger partial charge in [0.1, 0.15) is 0 Å². The molecule has 1 rings (SSSR count). The van der Waals surface area contributed by atoms with Gasteiger partial charge >= 0.3 is 0 Å². The van der Waals surface area contributed by atoms with E-state index < -0.39 is 0 Å². The van der Waals surface area contributed by atoms with Gasteiger partial charge in [0.25, 0.3) is 0 Å². The number of carbonyl (C=O) groups excluding carboxylic acids is 1. The molecule has 3 nitrogen and oxygen atoms in total. The van der Waals surface area contributed by atoms with E-state index >= 15 is 0 Å². The van der Waals surface area contributed by atoms with Crippen LogP contribution in [0.15, 0.2) is 24.3 Å². The average Bonchev–Trinajstić information content (AvgIpc) is 2.28. The molecule has 0 unspecified atom stereocenters. The molecule has 0 aliphatic rings. The van der Waals surface area contributed by atoms with Crippen LogP contribution in [0.5, 0.6) is 0 Å². The SMILES string of the molecule is CC(C)c1ccc(CC(C)(C)NC(=O)CN)cc1. The molecule has 0 fully saturated rings. The van der Waals surface area contributed by atoms with Crippen LogP contribution in [-0.2, 0) is 11.2 Å². The maximum atomic E-state index is 11.3. The van der Waals surface area contributed by atoms with Crippen molar-refractivity contribution < 1.29 is 4.79 Å². The zero-order valence-corrected chi connectivity index (χ0v) is 11.8. The van der Waals surface area contributed by atoms with Gasteiger partial charge in [-0.1, -0.05) is 38.1 Å². The Morgan fingerprint density at radius 1 is 1.28 bits per heavy atom. The van der Waals surface area contributed by atoms with Gasteiger partial charge in [-0.3, -0.25) is 4.79 Å². The smallest absolute Gasteiger partial charge is 0.234 e. The van der Waals surface area contributed by atoms with Gasteiger partial charge in [-0.25, -0.2) is 0 Å². The van der Waals surface area contributed by atoms with Crippen LogP contribution in [0.25, 0.3) is 0 Å². The lowest BCUT2D eigenvalue weighted by molar-refractivity contribution is -0.121. The number of hydrogen-bond donors (Lipinski definition) is 2. The minimum atomic E-state index is -0.268. The Labute approximate surface area is 110 Å². The van der Waals surface area contributed by atoms with Crippen molar-refractivity contribution in [3.05, 3.63) is 35.4 Å². The van der Waals surface area contributed by atoms with E-state index in [2.05, 4.69) is 43.4 Å². The first-order chi connectivity index (χ1) is 8.34. The van der Waals surface area contributed by atoms with Crippen LogP contribution in [0.1, 0.15) is 44.7 Å². The lowest BCUT2D eigenvalue weighted by Gasteiger charge is -2.26. The van der Waals surface area contributed by atoms with Gasteiger partial charge in [0.2, 0.25) is 5.91 Å². The fraction of sp³-hybridized carbons (Fsp3) is 0.533. The largest absolute Gasteiger partial charge is 0.350 e. The molecule has 100 valence electrons. The van der Waals surface area contributed by atoms with E-state index in [1.54, 1.807) is 0 Å². The van der Waals surface area contributed by atoms with Crippen molar-refractivity contribution in [3.8, 4) is 0 Å². The fourth-order valence-electron chi connectivity index (χ4n) is 2.00. The molecular formula is C15H24N2O. The van der Waals surface area contributed by atoms with E-state index in [9.17, 15) is 4.79 Å². The van der Waals surface area contributed by atoms with Crippen molar-refractivity contribution in [1.82, 2.24) is 5.32 Å². The predicted molar refractivity (Wildman–Crippen MR) is 75.5 cm³/mol. The molecule has 0 aliphatic carbocycles. The Balaban J connectivity index is 2.69. The fourth-order valence-corrected chi connectivity index (χ4v) is 2.00. The van der Waals surface area contributed by atoms with Gasteiger partial charge in [0, 0.05) is 5.54 Å². The van der Waals surface area contributed by atoms with Crippen molar-refractivity contribution in [2.24, 2.45) is 5.73 Å². The number of amides is 1. The second-order valence-corrected chi connectivity index (χ2v) is 5.71. The summed E-state index contributed by atoms with van der Waals surface area (Å²) in [6.45, 7) is 8.42. The summed E-state index contributed by atoms with van der Waals surface area (Å²) in [5.74, 6) is 0.433. The number of rotatable bonds is 5. The second-order valence-electron chi connectivity index (χ2n) is 5.71. The zero-order chi connectivity index (χ0) is 13.8. The Hall–Kier alpha value is -1.35. The van der Waals surface area contributed by atoms with Crippen LogP contribution in [0.3, 0.4) is 0 Å². The standard InChI is InChI=1S/C15H24N2O/c1-11(2)13-7-5-12(6-8-13)9-15(3,4)17-14(18)10-16/h5-8,11H,9-10,16H2,1-4H3,(H,17,18). The second kappa shape index (κ2) is 6.01. The Bertz CT molecular complexity index is 393. The van der Waals surface area contributed by atoms with Crippen LogP contribution >= 0.6 is 0 Å². The van der Waals surface area contributed by atoms with E-state index in [0.717, 1.165) is 6.42 Å². The lowest BCUT2D eigenvalue weighted by Crippen LogP contribution is -2.47. The quantitative estimate of drug-likeness (QED) is 0.839. The molecular weight excluding hydrogens is 224 g/mol. The van der Waals surface area contributed by atoms with E-state index in [-0.39, 0.29) is 18.0 Å². The van der Waals surface area contributed by atoms with Crippen molar-refractivity contribution in [3.63, 3.8) is 0 Å². The molecule has 18 heavy (non-hydrogen) atoms. The van der Waals surface area contributed by atoms with Crippen molar-refractivity contribution in [2.45, 2.75) is 45.6 Å². The number of carbonyl (C=O) groups is 1. The third kappa shape index (κ3) is 4.49. The summed E-state index contributed by atoms with van der Waals surface area (Å²) in [6.07, 6.45) is 0.803. The monoisotopic (exact) mass is 248 g/mol. The van der Waals surface area contributed by atoms with E-state index in [4.69, 9.17) is 5.73 Å². The summed E-state index contributed by atoms with van der Waals surface area (Å²) in [5, 5.41) is 2.93. The summed E-state index contributed by atoms with van der Waals surface area (Å²) >= 11 is 0. The molecule has 0 saturated carbocycles. The molecule has 3 heteroatoms. The summed E-state index contributed by atoms with van der Waals surface area (Å²) in [5.41, 5.74) is 7.61. The Morgan fingerprint density at radius 2 is 1.83 bits per heavy atom. The van der Waals surface area contributed by atoms with Gasteiger partial charge in [-0.15, -0.1) is 0 Å². The Morgan fingerprint density at radius 3 is 2.28 bits per heavy atom. The molecule has 0 heterocycles. The Kier molecular flexibility index (Phi) is 4.91. The van der Waals surface area contributed by atoms with Crippen molar-refractivity contribution >= 4 is 5.91 Å². The molecule has 3 N–H and O–H groups in total. The highest BCUT2D eigenvalue weighted by Gasteiger charge is 2.20. The molecule has 0 spiro atoms. The van der Waals surface area contributed by atoms with Crippen LogP contribution in [0.4, 0.5) is 0 Å². The first-order valence-electron chi connectivity index (χ1n) is 6.44. The number of benzene rings is 1. The van der Waals surface area contributed by atoms with Gasteiger partial charge in [-0.2, -0.15) is 0 Å². The molecule has 0 aromatic heterocycles. The maximum Gasteiger partial charge on any atom is 0.234 e. The molecule has 1 amide bonds. The predicted octanol–water partition coefficient (Wildman–Crippen LogP) is 2.21. The summed E-state index contributed by atoms with van der Waals surface area (Å²) in [4.78, 5) is 11.3. The maximum absolute atomic E-state index is 11.3. The summed E-state index contributed by atoms with van der Waals surface area (Å²) < 4.78 is 0. The number of nitrogens with one attached hydrogen (secondary N) is 1. The summed E-state index contributed by atoms with van der Waals surface area (Å²) in [7, 11) is 0. The topological polar surface area (TPSA) is 55.1 Å². The third-order valence-corrected chi connectivity index (χ3v) is 2.96. The molecule has 0 aliphatic heterocycles. The van der Waals surface area contributed by atoms with Crippen molar-refractivity contribution in [1.29, 1.82) is 0 Å². The van der Waals surface area contributed by atoms with Crippen molar-refractivity contribution in [2.75, 3.05) is 6.54 Å². The zero-order valence-electron chi connectivity index (χ0n) is 11.8. The van der Waals surface area contributed by atoms with Crippen LogP contribution < -0.4 is 11.1 Å². The van der Waals surface area contributed by atoms with Gasteiger partial charge in [-0.05, 0) is 37.3 Å².